The second-order valence-electron chi connectivity index (χ2n) is 5.62. The first-order valence-electron chi connectivity index (χ1n) is 6.87. The van der Waals surface area contributed by atoms with Crippen LogP contribution < -0.4 is 0 Å². The highest BCUT2D eigenvalue weighted by atomic mass is 32.1. The van der Waals surface area contributed by atoms with Crippen LogP contribution in [-0.2, 0) is 0 Å². The molecule has 1 aromatic rings. The van der Waals surface area contributed by atoms with Crippen LogP contribution in [0.3, 0.4) is 0 Å². The Morgan fingerprint density at radius 1 is 1.29 bits per heavy atom. The molecule has 2 fully saturated rings. The van der Waals surface area contributed by atoms with Crippen LogP contribution in [0.25, 0.3) is 0 Å². The fraction of sp³-hybridized carbons (Fsp3) is 0.714. The molecule has 3 heteroatoms. The first kappa shape index (κ1) is 11.4. The zero-order chi connectivity index (χ0) is 11.8. The lowest BCUT2D eigenvalue weighted by Crippen LogP contribution is -2.04. The van der Waals surface area contributed by atoms with Crippen LogP contribution in [0.4, 0.5) is 0 Å². The van der Waals surface area contributed by atoms with E-state index >= 15 is 0 Å². The van der Waals surface area contributed by atoms with E-state index < -0.39 is 0 Å². The number of aromatic amines is 1. The summed E-state index contributed by atoms with van der Waals surface area (Å²) in [6, 6.07) is 2.06. The van der Waals surface area contributed by atoms with Gasteiger partial charge in [-0.15, -0.1) is 0 Å². The Kier molecular flexibility index (Phi) is 3.03. The molecule has 2 aliphatic carbocycles. The molecule has 2 saturated carbocycles. The second kappa shape index (κ2) is 4.52. The maximum Gasteiger partial charge on any atom is 0.130 e. The van der Waals surface area contributed by atoms with E-state index in [9.17, 15) is 0 Å². The molecule has 1 heterocycles. The van der Waals surface area contributed by atoms with E-state index in [2.05, 4.69) is 23.0 Å². The van der Waals surface area contributed by atoms with Gasteiger partial charge in [0.2, 0.25) is 0 Å². The third-order valence-corrected chi connectivity index (χ3v) is 4.51. The minimum atomic E-state index is 0.625. The van der Waals surface area contributed by atoms with Gasteiger partial charge in [-0.05, 0) is 50.0 Å². The molecular formula is C14H20N2S. The van der Waals surface area contributed by atoms with E-state index in [1.807, 2.05) is 0 Å². The Bertz CT molecular complexity index is 462. The van der Waals surface area contributed by atoms with Gasteiger partial charge in [-0.1, -0.05) is 25.6 Å². The zero-order valence-corrected chi connectivity index (χ0v) is 11.2. The van der Waals surface area contributed by atoms with Gasteiger partial charge in [-0.2, -0.15) is 0 Å². The van der Waals surface area contributed by atoms with E-state index in [4.69, 9.17) is 12.2 Å². The van der Waals surface area contributed by atoms with E-state index in [1.54, 1.807) is 0 Å². The fourth-order valence-electron chi connectivity index (χ4n) is 3.00. The maximum atomic E-state index is 5.30. The molecule has 0 spiro atoms. The van der Waals surface area contributed by atoms with Gasteiger partial charge in [-0.25, -0.2) is 4.98 Å². The Labute approximate surface area is 108 Å². The number of aromatic nitrogens is 2. The molecule has 1 aromatic heterocycles. The molecule has 0 radical (unpaired) electrons. The lowest BCUT2D eigenvalue weighted by atomic mass is 10.0. The van der Waals surface area contributed by atoms with Crippen molar-refractivity contribution in [2.75, 3.05) is 0 Å². The van der Waals surface area contributed by atoms with Gasteiger partial charge >= 0.3 is 0 Å². The van der Waals surface area contributed by atoms with Crippen LogP contribution in [0.2, 0.25) is 0 Å². The Morgan fingerprint density at radius 3 is 2.71 bits per heavy atom. The normalized spacial score (nSPS) is 28.5. The Balaban J connectivity index is 1.85. The topological polar surface area (TPSA) is 28.7 Å². The van der Waals surface area contributed by atoms with Crippen molar-refractivity contribution in [1.29, 1.82) is 0 Å². The highest BCUT2D eigenvalue weighted by Gasteiger charge is 2.29. The summed E-state index contributed by atoms with van der Waals surface area (Å²) in [7, 11) is 0. The van der Waals surface area contributed by atoms with Gasteiger partial charge in [0.05, 0.1) is 0 Å². The summed E-state index contributed by atoms with van der Waals surface area (Å²) in [5.41, 5.74) is 1.33. The highest BCUT2D eigenvalue weighted by Crippen LogP contribution is 2.41. The van der Waals surface area contributed by atoms with Crippen molar-refractivity contribution in [2.24, 2.45) is 5.92 Å². The van der Waals surface area contributed by atoms with Crippen LogP contribution in [0, 0.1) is 10.6 Å². The van der Waals surface area contributed by atoms with Crippen molar-refractivity contribution >= 4 is 12.2 Å². The van der Waals surface area contributed by atoms with Crippen molar-refractivity contribution in [3.63, 3.8) is 0 Å². The first-order chi connectivity index (χ1) is 8.26. The monoisotopic (exact) mass is 248 g/mol. The zero-order valence-electron chi connectivity index (χ0n) is 10.4. The standard InChI is InChI=1S/C14H20N2S/c1-2-9-3-4-11(7-9)14-15-12(10-5-6-10)8-13(17)16-14/h8-11H,2-7H2,1H3,(H,15,16,17). The van der Waals surface area contributed by atoms with Crippen LogP contribution in [-0.4, -0.2) is 9.97 Å². The fourth-order valence-corrected chi connectivity index (χ4v) is 3.22. The molecule has 3 rings (SSSR count). The summed E-state index contributed by atoms with van der Waals surface area (Å²) in [5, 5.41) is 0. The van der Waals surface area contributed by atoms with Gasteiger partial charge < -0.3 is 4.98 Å². The summed E-state index contributed by atoms with van der Waals surface area (Å²) in [6.07, 6.45) is 7.87. The summed E-state index contributed by atoms with van der Waals surface area (Å²) in [5.74, 6) is 3.42. The van der Waals surface area contributed by atoms with Crippen molar-refractivity contribution in [3.8, 4) is 0 Å². The molecule has 0 aromatic carbocycles. The van der Waals surface area contributed by atoms with Crippen molar-refractivity contribution in [2.45, 2.75) is 57.3 Å². The van der Waals surface area contributed by atoms with Gasteiger partial charge in [0, 0.05) is 11.6 Å². The smallest absolute Gasteiger partial charge is 0.130 e. The molecule has 2 atom stereocenters. The van der Waals surface area contributed by atoms with Crippen LogP contribution in [0.1, 0.15) is 68.8 Å². The highest BCUT2D eigenvalue weighted by molar-refractivity contribution is 7.71. The third-order valence-electron chi connectivity index (χ3n) is 4.30. The van der Waals surface area contributed by atoms with Crippen molar-refractivity contribution in [1.82, 2.24) is 9.97 Å². The van der Waals surface area contributed by atoms with Crippen LogP contribution in [0.5, 0.6) is 0 Å². The lowest BCUT2D eigenvalue weighted by molar-refractivity contribution is 0.516. The third kappa shape index (κ3) is 2.44. The number of nitrogens with zero attached hydrogens (tertiary/aromatic N) is 1. The largest absolute Gasteiger partial charge is 0.347 e. The lowest BCUT2D eigenvalue weighted by Gasteiger charge is -2.11. The Hall–Kier alpha value is -0.700. The number of rotatable bonds is 3. The molecule has 2 aliphatic rings. The van der Waals surface area contributed by atoms with Crippen molar-refractivity contribution in [3.05, 3.63) is 22.2 Å². The molecule has 17 heavy (non-hydrogen) atoms. The molecule has 2 unspecified atom stereocenters. The molecule has 1 N–H and O–H groups in total. The Morgan fingerprint density at radius 2 is 2.06 bits per heavy atom. The molecule has 0 bridgehead atoms. The molecule has 92 valence electrons. The summed E-state index contributed by atoms with van der Waals surface area (Å²) >= 11 is 5.30. The molecule has 0 aliphatic heterocycles. The minimum absolute atomic E-state index is 0.625. The molecular weight excluding hydrogens is 228 g/mol. The second-order valence-corrected chi connectivity index (χ2v) is 6.04. The van der Waals surface area contributed by atoms with E-state index in [1.165, 1.54) is 44.2 Å². The molecule has 0 amide bonds. The van der Waals surface area contributed by atoms with Gasteiger partial charge in [0.15, 0.2) is 0 Å². The summed E-state index contributed by atoms with van der Waals surface area (Å²) in [6.45, 7) is 2.29. The maximum absolute atomic E-state index is 5.30. The first-order valence-corrected chi connectivity index (χ1v) is 7.28. The molecule has 2 nitrogen and oxygen atoms in total. The van der Waals surface area contributed by atoms with Crippen LogP contribution in [0.15, 0.2) is 6.07 Å². The van der Waals surface area contributed by atoms with Gasteiger partial charge in [0.1, 0.15) is 10.5 Å². The summed E-state index contributed by atoms with van der Waals surface area (Å²) < 4.78 is 0.778. The average Bonchev–Trinajstić information content (AvgIpc) is 3.06. The van der Waals surface area contributed by atoms with Gasteiger partial charge in [-0.3, -0.25) is 0 Å². The SMILES string of the molecule is CCC1CCC(c2nc(=S)cc(C3CC3)[nH]2)C1. The number of H-pyrrole nitrogens is 1. The minimum Gasteiger partial charge on any atom is -0.347 e. The number of hydrogen-bond acceptors (Lipinski definition) is 2. The summed E-state index contributed by atoms with van der Waals surface area (Å²) in [4.78, 5) is 8.11. The number of nitrogens with one attached hydrogen (secondary N) is 1. The average molecular weight is 248 g/mol. The molecule has 0 saturated heterocycles. The van der Waals surface area contributed by atoms with E-state index in [-0.39, 0.29) is 0 Å². The van der Waals surface area contributed by atoms with Crippen LogP contribution >= 0.6 is 12.2 Å². The van der Waals surface area contributed by atoms with E-state index in [0.717, 1.165) is 22.3 Å². The van der Waals surface area contributed by atoms with Crippen molar-refractivity contribution < 1.29 is 0 Å². The van der Waals surface area contributed by atoms with Gasteiger partial charge in [0.25, 0.3) is 0 Å². The predicted molar refractivity (Wildman–Crippen MR) is 71.8 cm³/mol. The van der Waals surface area contributed by atoms with E-state index in [0.29, 0.717) is 5.92 Å². The predicted octanol–water partition coefficient (Wildman–Crippen LogP) is 4.31. The quantitative estimate of drug-likeness (QED) is 0.807. The number of hydrogen-bond donors (Lipinski definition) is 1.